The number of halogens is 1. The Morgan fingerprint density at radius 2 is 1.94 bits per heavy atom. The Labute approximate surface area is 212 Å². The van der Waals surface area contributed by atoms with E-state index in [0.717, 1.165) is 15.8 Å². The molecule has 1 aromatic carbocycles. The van der Waals surface area contributed by atoms with Gasteiger partial charge in [-0.3, -0.25) is 9.59 Å². The molecular formula is C21H22BrN5O5S2. The highest BCUT2D eigenvalue weighted by atomic mass is 79.9. The van der Waals surface area contributed by atoms with Crippen LogP contribution < -0.4 is 15.8 Å². The van der Waals surface area contributed by atoms with E-state index in [1.165, 1.54) is 11.8 Å². The van der Waals surface area contributed by atoms with E-state index in [2.05, 4.69) is 31.4 Å². The van der Waals surface area contributed by atoms with Crippen molar-refractivity contribution in [2.75, 3.05) is 17.7 Å². The molecule has 0 aliphatic rings. The third-order valence-corrected chi connectivity index (χ3v) is 7.31. The molecule has 0 atom stereocenters. The predicted molar refractivity (Wildman–Crippen MR) is 132 cm³/mol. The van der Waals surface area contributed by atoms with E-state index >= 15 is 0 Å². The fraction of sp³-hybridized carbons (Fsp3) is 0.286. The van der Waals surface area contributed by atoms with Crippen LogP contribution in [0.15, 0.2) is 33.9 Å². The molecule has 3 N–H and O–H groups in total. The summed E-state index contributed by atoms with van der Waals surface area (Å²) in [5, 5.41) is 11.6. The molecule has 0 aliphatic heterocycles. The number of benzene rings is 1. The summed E-state index contributed by atoms with van der Waals surface area (Å²) in [4.78, 5) is 36.8. The third kappa shape index (κ3) is 6.15. The number of aromatic nitrogens is 3. The van der Waals surface area contributed by atoms with Crippen LogP contribution in [-0.2, 0) is 23.2 Å². The molecule has 0 unspecified atom stereocenters. The molecule has 0 spiro atoms. The van der Waals surface area contributed by atoms with Gasteiger partial charge in [0, 0.05) is 11.5 Å². The molecule has 0 bridgehead atoms. The highest BCUT2D eigenvalue weighted by molar-refractivity contribution is 9.10. The molecule has 2 amide bonds. The van der Waals surface area contributed by atoms with Crippen LogP contribution in [-0.4, -0.2) is 44.9 Å². The summed E-state index contributed by atoms with van der Waals surface area (Å²) in [6, 6.07) is 7.42. The van der Waals surface area contributed by atoms with Crippen molar-refractivity contribution in [1.29, 1.82) is 0 Å². The van der Waals surface area contributed by atoms with E-state index in [1.54, 1.807) is 25.5 Å². The van der Waals surface area contributed by atoms with Crippen molar-refractivity contribution in [3.63, 3.8) is 0 Å². The minimum Gasteiger partial charge on any atom is -0.486 e. The van der Waals surface area contributed by atoms with E-state index in [4.69, 9.17) is 15.2 Å². The lowest BCUT2D eigenvalue weighted by molar-refractivity contribution is -0.113. The van der Waals surface area contributed by atoms with Crippen molar-refractivity contribution in [3.05, 3.63) is 50.6 Å². The van der Waals surface area contributed by atoms with Crippen LogP contribution in [0.25, 0.3) is 0 Å². The van der Waals surface area contributed by atoms with E-state index < -0.39 is 11.9 Å². The average molecular weight is 568 g/mol. The summed E-state index contributed by atoms with van der Waals surface area (Å²) in [5.41, 5.74) is 5.90. The van der Waals surface area contributed by atoms with Crippen LogP contribution in [0.1, 0.15) is 38.3 Å². The zero-order chi connectivity index (χ0) is 24.8. The van der Waals surface area contributed by atoms with Crippen LogP contribution in [0.3, 0.4) is 0 Å². The lowest BCUT2D eigenvalue weighted by atomic mass is 10.1. The number of amides is 2. The fourth-order valence-electron chi connectivity index (χ4n) is 2.85. The average Bonchev–Trinajstić information content (AvgIpc) is 3.31. The molecule has 0 saturated heterocycles. The molecule has 0 fully saturated rings. The van der Waals surface area contributed by atoms with Crippen LogP contribution in [0, 0.1) is 6.92 Å². The molecule has 3 rings (SSSR count). The van der Waals surface area contributed by atoms with Crippen molar-refractivity contribution in [1.82, 2.24) is 14.8 Å². The number of rotatable bonds is 10. The van der Waals surface area contributed by atoms with Gasteiger partial charge in [-0.1, -0.05) is 27.7 Å². The fourth-order valence-corrected chi connectivity index (χ4v) is 4.91. The first-order chi connectivity index (χ1) is 16.2. The number of hydrogen-bond acceptors (Lipinski definition) is 9. The number of carbonyl (C=O) groups is 3. The maximum atomic E-state index is 12.6. The highest BCUT2D eigenvalue weighted by Crippen LogP contribution is 2.33. The van der Waals surface area contributed by atoms with Gasteiger partial charge in [-0.25, -0.2) is 4.79 Å². The zero-order valence-electron chi connectivity index (χ0n) is 18.6. The molecule has 0 aliphatic carbocycles. The van der Waals surface area contributed by atoms with E-state index in [9.17, 15) is 14.4 Å². The quantitative estimate of drug-likeness (QED) is 0.280. The number of hydrogen-bond donors (Lipinski definition) is 2. The smallest absolute Gasteiger partial charge is 0.341 e. The van der Waals surface area contributed by atoms with Crippen molar-refractivity contribution >= 4 is 61.8 Å². The second-order valence-corrected chi connectivity index (χ2v) is 9.76. The number of anilines is 1. The van der Waals surface area contributed by atoms with Crippen LogP contribution >= 0.6 is 39.0 Å². The highest BCUT2D eigenvalue weighted by Gasteiger charge is 2.26. The Kier molecular flexibility index (Phi) is 8.69. The molecule has 180 valence electrons. The van der Waals surface area contributed by atoms with Crippen LogP contribution in [0.5, 0.6) is 5.75 Å². The Hall–Kier alpha value is -2.90. The Morgan fingerprint density at radius 1 is 1.24 bits per heavy atom. The van der Waals surface area contributed by atoms with Gasteiger partial charge in [0.25, 0.3) is 5.91 Å². The number of carbonyl (C=O) groups excluding carboxylic acids is 3. The normalized spacial score (nSPS) is 10.7. The Bertz CT molecular complexity index is 1210. The zero-order valence-corrected chi connectivity index (χ0v) is 21.8. The van der Waals surface area contributed by atoms with Crippen molar-refractivity contribution in [2.24, 2.45) is 12.8 Å². The molecule has 2 aromatic heterocycles. The minimum absolute atomic E-state index is 0.00462. The van der Waals surface area contributed by atoms with Gasteiger partial charge in [0.05, 0.1) is 22.8 Å². The molecular weight excluding hydrogens is 546 g/mol. The number of thiophene rings is 1. The molecule has 10 nitrogen and oxygen atoms in total. The van der Waals surface area contributed by atoms with Gasteiger partial charge in [-0.2, -0.15) is 0 Å². The molecule has 2 heterocycles. The number of primary amides is 1. The topological polar surface area (TPSA) is 138 Å². The summed E-state index contributed by atoms with van der Waals surface area (Å²) in [6.45, 7) is 3.63. The molecule has 13 heteroatoms. The molecule has 34 heavy (non-hydrogen) atoms. The van der Waals surface area contributed by atoms with Gasteiger partial charge < -0.3 is 25.1 Å². The second kappa shape index (κ2) is 11.5. The summed E-state index contributed by atoms with van der Waals surface area (Å²) in [7, 11) is 1.78. The first-order valence-electron chi connectivity index (χ1n) is 10.0. The van der Waals surface area contributed by atoms with E-state index in [-0.39, 0.29) is 40.3 Å². The van der Waals surface area contributed by atoms with Gasteiger partial charge in [0.15, 0.2) is 11.0 Å². The van der Waals surface area contributed by atoms with E-state index in [1.807, 2.05) is 24.3 Å². The SMILES string of the molecule is CCOC(=O)c1c(NC(=O)CSc2nnc(COc3ccc(Br)cc3)n2C)sc(C(N)=O)c1C. The molecule has 0 saturated carbocycles. The third-order valence-electron chi connectivity index (χ3n) is 4.54. The van der Waals surface area contributed by atoms with Crippen LogP contribution in [0.2, 0.25) is 0 Å². The summed E-state index contributed by atoms with van der Waals surface area (Å²) < 4.78 is 13.5. The Morgan fingerprint density at radius 3 is 2.59 bits per heavy atom. The standard InChI is InChI=1S/C21H22BrN5O5S2/c1-4-31-20(30)16-11(2)17(18(23)29)34-19(16)24-15(28)10-33-21-26-25-14(27(21)3)9-32-13-7-5-12(22)6-8-13/h5-8H,4,9-10H2,1-3H3,(H2,23,29)(H,24,28). The van der Waals surface area contributed by atoms with Gasteiger partial charge in [-0.05, 0) is 43.7 Å². The number of thioether (sulfide) groups is 1. The number of ether oxygens (including phenoxy) is 2. The molecule has 3 aromatic rings. The minimum atomic E-state index is -0.681. The van der Waals surface area contributed by atoms with Crippen molar-refractivity contribution in [2.45, 2.75) is 25.6 Å². The number of nitrogens with two attached hydrogens (primary N) is 1. The number of nitrogens with zero attached hydrogens (tertiary/aromatic N) is 3. The van der Waals surface area contributed by atoms with Crippen molar-refractivity contribution in [3.8, 4) is 5.75 Å². The lowest BCUT2D eigenvalue weighted by Gasteiger charge is -2.08. The van der Waals surface area contributed by atoms with E-state index in [0.29, 0.717) is 22.3 Å². The summed E-state index contributed by atoms with van der Waals surface area (Å²) >= 11 is 5.49. The largest absolute Gasteiger partial charge is 0.486 e. The van der Waals surface area contributed by atoms with Gasteiger partial charge in [-0.15, -0.1) is 21.5 Å². The summed E-state index contributed by atoms with van der Waals surface area (Å²) in [5.74, 6) is -0.405. The summed E-state index contributed by atoms with van der Waals surface area (Å²) in [6.07, 6.45) is 0. The monoisotopic (exact) mass is 567 g/mol. The van der Waals surface area contributed by atoms with Crippen molar-refractivity contribution < 1.29 is 23.9 Å². The first kappa shape index (κ1) is 25.7. The maximum Gasteiger partial charge on any atom is 0.341 e. The Balaban J connectivity index is 1.63. The predicted octanol–water partition coefficient (Wildman–Crippen LogP) is 3.53. The second-order valence-electron chi connectivity index (χ2n) is 6.88. The maximum absolute atomic E-state index is 12.6. The van der Waals surface area contributed by atoms with Gasteiger partial charge >= 0.3 is 5.97 Å². The van der Waals surface area contributed by atoms with Crippen LogP contribution in [0.4, 0.5) is 5.00 Å². The van der Waals surface area contributed by atoms with Gasteiger partial charge in [0.2, 0.25) is 5.91 Å². The number of nitrogens with one attached hydrogen (secondary N) is 1. The number of esters is 1. The molecule has 0 radical (unpaired) electrons. The lowest BCUT2D eigenvalue weighted by Crippen LogP contribution is -2.17. The van der Waals surface area contributed by atoms with Gasteiger partial charge in [0.1, 0.15) is 17.4 Å². The first-order valence-corrected chi connectivity index (χ1v) is 12.6.